The van der Waals surface area contributed by atoms with Crippen LogP contribution >= 0.6 is 0 Å². The quantitative estimate of drug-likeness (QED) is 0.844. The van der Waals surface area contributed by atoms with Crippen molar-refractivity contribution in [2.45, 2.75) is 51.3 Å². The van der Waals surface area contributed by atoms with Crippen LogP contribution in [-0.4, -0.2) is 46.3 Å². The smallest absolute Gasteiger partial charge is 0.408 e. The Morgan fingerprint density at radius 1 is 1.23 bits per heavy atom. The van der Waals surface area contributed by atoms with Crippen molar-refractivity contribution >= 4 is 12.1 Å². The van der Waals surface area contributed by atoms with Gasteiger partial charge in [0, 0.05) is 31.1 Å². The van der Waals surface area contributed by atoms with E-state index >= 15 is 0 Å². The number of benzene rings is 1. The second-order valence-corrected chi connectivity index (χ2v) is 8.51. The van der Waals surface area contributed by atoms with Gasteiger partial charge in [-0.15, -0.1) is 0 Å². The van der Waals surface area contributed by atoms with E-state index in [1.54, 1.807) is 0 Å². The molecule has 1 aromatic rings. The van der Waals surface area contributed by atoms with Crippen LogP contribution in [0, 0.1) is 11.8 Å². The molecule has 1 aliphatic carbocycles. The lowest BCUT2D eigenvalue weighted by atomic mass is 9.87. The molecule has 0 unspecified atom stereocenters. The van der Waals surface area contributed by atoms with Crippen molar-refractivity contribution in [3.8, 4) is 0 Å². The first-order valence-electron chi connectivity index (χ1n) is 9.19. The lowest BCUT2D eigenvalue weighted by molar-refractivity contribution is -0.143. The van der Waals surface area contributed by atoms with E-state index < -0.39 is 29.1 Å². The van der Waals surface area contributed by atoms with Crippen LogP contribution < -0.4 is 5.32 Å². The number of carbonyl (C=O) groups is 2. The Bertz CT molecular complexity index is 664. The van der Waals surface area contributed by atoms with Crippen LogP contribution in [0.4, 0.5) is 4.79 Å². The van der Waals surface area contributed by atoms with Crippen LogP contribution in [0.2, 0.25) is 0 Å². The van der Waals surface area contributed by atoms with Crippen molar-refractivity contribution in [2.24, 2.45) is 11.8 Å². The van der Waals surface area contributed by atoms with Gasteiger partial charge in [-0.2, -0.15) is 0 Å². The van der Waals surface area contributed by atoms with Gasteiger partial charge in [0.1, 0.15) is 5.60 Å². The zero-order valence-corrected chi connectivity index (χ0v) is 15.7. The topological polar surface area (TPSA) is 78.9 Å². The minimum Gasteiger partial charge on any atom is -0.481 e. The molecule has 0 spiro atoms. The number of rotatable bonds is 5. The van der Waals surface area contributed by atoms with E-state index in [0.29, 0.717) is 13.1 Å². The molecule has 6 nitrogen and oxygen atoms in total. The van der Waals surface area contributed by atoms with Gasteiger partial charge in [0.2, 0.25) is 0 Å². The third-order valence-corrected chi connectivity index (χ3v) is 5.21. The number of hydrogen-bond donors (Lipinski definition) is 2. The minimum atomic E-state index is -0.789. The molecule has 0 aromatic heterocycles. The number of nitrogens with zero attached hydrogens (tertiary/aromatic N) is 1. The lowest BCUT2D eigenvalue weighted by Crippen LogP contribution is -2.48. The number of carboxylic acids is 1. The molecule has 3 rings (SSSR count). The fourth-order valence-corrected chi connectivity index (χ4v) is 3.90. The number of nitrogens with one attached hydrogen (secondary N) is 1. The first-order valence-corrected chi connectivity index (χ1v) is 9.19. The Morgan fingerprint density at radius 3 is 2.42 bits per heavy atom. The number of amides is 1. The van der Waals surface area contributed by atoms with Crippen molar-refractivity contribution in [1.29, 1.82) is 0 Å². The molecule has 6 heteroatoms. The predicted molar refractivity (Wildman–Crippen MR) is 97.7 cm³/mol. The number of carbonyl (C=O) groups excluding carboxylic acids is 1. The number of likely N-dealkylation sites (tertiary alicyclic amines) is 1. The van der Waals surface area contributed by atoms with Crippen LogP contribution in [0.5, 0.6) is 0 Å². The van der Waals surface area contributed by atoms with E-state index in [1.807, 2.05) is 39.0 Å². The first-order chi connectivity index (χ1) is 12.2. The van der Waals surface area contributed by atoms with Gasteiger partial charge in [-0.1, -0.05) is 30.3 Å². The van der Waals surface area contributed by atoms with Crippen LogP contribution in [0.25, 0.3) is 0 Å². The fraction of sp³-hybridized carbons (Fsp3) is 0.600. The van der Waals surface area contributed by atoms with Crippen LogP contribution in [0.15, 0.2) is 30.3 Å². The molecule has 1 heterocycles. The molecule has 2 atom stereocenters. The van der Waals surface area contributed by atoms with Crippen molar-refractivity contribution in [2.75, 3.05) is 13.1 Å². The number of alkyl carbamates (subject to hydrolysis) is 1. The molecule has 26 heavy (non-hydrogen) atoms. The van der Waals surface area contributed by atoms with E-state index in [4.69, 9.17) is 4.74 Å². The Balaban J connectivity index is 1.69. The Morgan fingerprint density at radius 2 is 1.88 bits per heavy atom. The zero-order valence-electron chi connectivity index (χ0n) is 15.7. The van der Waals surface area contributed by atoms with E-state index in [1.165, 1.54) is 5.56 Å². The van der Waals surface area contributed by atoms with Gasteiger partial charge >= 0.3 is 12.1 Å². The Hall–Kier alpha value is -2.08. The molecule has 1 aromatic carbocycles. The molecule has 2 fully saturated rings. The SMILES string of the molecule is CC(C)(C)OC(=O)NC1([C@@H]2CN(Cc3ccccc3)C[C@@H]2C(=O)O)CC1. The molecule has 1 saturated carbocycles. The summed E-state index contributed by atoms with van der Waals surface area (Å²) in [4.78, 5) is 26.2. The maximum atomic E-state index is 12.2. The monoisotopic (exact) mass is 360 g/mol. The number of hydrogen-bond acceptors (Lipinski definition) is 4. The van der Waals surface area contributed by atoms with Crippen molar-refractivity contribution < 1.29 is 19.4 Å². The second kappa shape index (κ2) is 6.91. The maximum Gasteiger partial charge on any atom is 0.408 e. The fourth-order valence-electron chi connectivity index (χ4n) is 3.90. The molecule has 2 N–H and O–H groups in total. The summed E-state index contributed by atoms with van der Waals surface area (Å²) in [6.45, 7) is 7.37. The summed E-state index contributed by atoms with van der Waals surface area (Å²) in [5, 5.41) is 12.7. The number of aliphatic carboxylic acids is 1. The van der Waals surface area contributed by atoms with Gasteiger partial charge in [0.25, 0.3) is 0 Å². The molecule has 1 amide bonds. The molecule has 0 radical (unpaired) electrons. The minimum absolute atomic E-state index is 0.101. The highest BCUT2D eigenvalue weighted by atomic mass is 16.6. The number of carboxylic acid groups (broad SMARTS) is 1. The maximum absolute atomic E-state index is 12.2. The predicted octanol–water partition coefficient (Wildman–Crippen LogP) is 2.88. The van der Waals surface area contributed by atoms with Gasteiger partial charge in [0.15, 0.2) is 0 Å². The average molecular weight is 360 g/mol. The molecule has 2 aliphatic rings. The summed E-state index contributed by atoms with van der Waals surface area (Å²) >= 11 is 0. The summed E-state index contributed by atoms with van der Waals surface area (Å²) in [5.74, 6) is -1.37. The molecule has 1 aliphatic heterocycles. The first kappa shape index (κ1) is 18.7. The van der Waals surface area contributed by atoms with E-state index in [-0.39, 0.29) is 5.92 Å². The van der Waals surface area contributed by atoms with Crippen LogP contribution in [0.1, 0.15) is 39.2 Å². The summed E-state index contributed by atoms with van der Waals surface area (Å²) in [5.41, 5.74) is 0.153. The van der Waals surface area contributed by atoms with Crippen molar-refractivity contribution in [1.82, 2.24) is 10.2 Å². The Kier molecular flexibility index (Phi) is 4.97. The summed E-state index contributed by atoms with van der Waals surface area (Å²) < 4.78 is 5.38. The third kappa shape index (κ3) is 4.36. The normalized spacial score (nSPS) is 24.9. The Labute approximate surface area is 154 Å². The van der Waals surface area contributed by atoms with Gasteiger partial charge in [-0.05, 0) is 39.2 Å². The van der Waals surface area contributed by atoms with Crippen LogP contribution in [-0.2, 0) is 16.1 Å². The summed E-state index contributed by atoms with van der Waals surface area (Å²) in [6.07, 6.45) is 1.15. The molecule has 142 valence electrons. The molecular weight excluding hydrogens is 332 g/mol. The van der Waals surface area contributed by atoms with Gasteiger partial charge in [0.05, 0.1) is 5.92 Å². The summed E-state index contributed by atoms with van der Waals surface area (Å²) in [7, 11) is 0. The largest absolute Gasteiger partial charge is 0.481 e. The van der Waals surface area contributed by atoms with E-state index in [9.17, 15) is 14.7 Å². The van der Waals surface area contributed by atoms with Gasteiger partial charge in [-0.3, -0.25) is 9.69 Å². The number of ether oxygens (including phenoxy) is 1. The highest BCUT2D eigenvalue weighted by molar-refractivity contribution is 5.73. The molecule has 1 saturated heterocycles. The van der Waals surface area contributed by atoms with E-state index in [2.05, 4.69) is 22.3 Å². The average Bonchev–Trinajstić information content (AvgIpc) is 3.16. The standard InChI is InChI=1S/C20H28N2O4/c1-19(2,3)26-18(25)21-20(9-10-20)16-13-22(12-15(16)17(23)24)11-14-7-5-4-6-8-14/h4-8,15-16H,9-13H2,1-3H3,(H,21,25)(H,23,24)/t15-,16+/m0/s1. The van der Waals surface area contributed by atoms with Crippen LogP contribution in [0.3, 0.4) is 0 Å². The molecular formula is C20H28N2O4. The third-order valence-electron chi connectivity index (χ3n) is 5.21. The lowest BCUT2D eigenvalue weighted by Gasteiger charge is -2.29. The van der Waals surface area contributed by atoms with E-state index in [0.717, 1.165) is 19.4 Å². The second-order valence-electron chi connectivity index (χ2n) is 8.51. The van der Waals surface area contributed by atoms with Gasteiger partial charge < -0.3 is 15.2 Å². The zero-order chi connectivity index (χ0) is 18.9. The summed E-state index contributed by atoms with van der Waals surface area (Å²) in [6, 6.07) is 10.1. The molecule has 0 bridgehead atoms. The van der Waals surface area contributed by atoms with Gasteiger partial charge in [-0.25, -0.2) is 4.79 Å². The highest BCUT2D eigenvalue weighted by Crippen LogP contribution is 2.48. The highest BCUT2D eigenvalue weighted by Gasteiger charge is 2.57. The van der Waals surface area contributed by atoms with Crippen molar-refractivity contribution in [3.63, 3.8) is 0 Å². The van der Waals surface area contributed by atoms with Crippen molar-refractivity contribution in [3.05, 3.63) is 35.9 Å².